The van der Waals surface area contributed by atoms with Crippen molar-refractivity contribution in [1.82, 2.24) is 4.90 Å². The Labute approximate surface area is 184 Å². The van der Waals surface area contributed by atoms with Crippen molar-refractivity contribution in [2.75, 3.05) is 20.1 Å². The van der Waals surface area contributed by atoms with Gasteiger partial charge in [0, 0.05) is 5.39 Å². The Morgan fingerprint density at radius 3 is 2.25 bits per heavy atom. The third-order valence-electron chi connectivity index (χ3n) is 4.73. The molecule has 0 spiro atoms. The van der Waals surface area contributed by atoms with Gasteiger partial charge >= 0.3 is 19.1 Å². The van der Waals surface area contributed by atoms with Crippen LogP contribution >= 0.6 is 0 Å². The molecule has 1 saturated heterocycles. The Kier molecular flexibility index (Phi) is 5.85. The van der Waals surface area contributed by atoms with Crippen molar-refractivity contribution >= 4 is 45.5 Å². The summed E-state index contributed by atoms with van der Waals surface area (Å²) in [7, 11) is -4.11. The second-order valence-electron chi connectivity index (χ2n) is 7.41. The summed E-state index contributed by atoms with van der Waals surface area (Å²) in [6, 6.07) is 14.5. The number of rotatable bonds is 3. The van der Waals surface area contributed by atoms with Gasteiger partial charge in [0.2, 0.25) is 5.55 Å². The first-order valence-corrected chi connectivity index (χ1v) is 11.1. The average Bonchev–Trinajstić information content (AvgIpc) is 2.71. The monoisotopic (exact) mass is 454 g/mol. The molecule has 164 valence electrons. The summed E-state index contributed by atoms with van der Waals surface area (Å²) in [6.07, 6.45) is 0. The van der Waals surface area contributed by atoms with E-state index < -0.39 is 29.1 Å². The van der Waals surface area contributed by atoms with Crippen molar-refractivity contribution in [3.05, 3.63) is 65.7 Å². The molecule has 1 fully saturated rings. The lowest BCUT2D eigenvalue weighted by Gasteiger charge is -2.22. The fraction of sp³-hybridized carbons (Fsp3) is 0.190. The molecular weight excluding hydrogens is 435 g/mol. The lowest BCUT2D eigenvalue weighted by Crippen LogP contribution is -2.52. The van der Waals surface area contributed by atoms with E-state index in [1.165, 1.54) is 23.1 Å². The van der Waals surface area contributed by atoms with Crippen molar-refractivity contribution in [2.24, 2.45) is 4.40 Å². The number of hydrogen-bond donors (Lipinski definition) is 0. The van der Waals surface area contributed by atoms with E-state index in [0.29, 0.717) is 11.0 Å². The minimum Gasteiger partial charge on any atom is -0.494 e. The number of likely N-dealkylation sites (N-methyl/N-ethyl adjacent to an activating group) is 1. The van der Waals surface area contributed by atoms with Gasteiger partial charge in [-0.05, 0) is 38.2 Å². The van der Waals surface area contributed by atoms with Crippen LogP contribution in [0, 0.1) is 6.92 Å². The van der Waals surface area contributed by atoms with Gasteiger partial charge in [-0.1, -0.05) is 35.9 Å². The van der Waals surface area contributed by atoms with Crippen LogP contribution in [0.2, 0.25) is 0 Å². The van der Waals surface area contributed by atoms with E-state index in [-0.39, 0.29) is 29.0 Å². The van der Waals surface area contributed by atoms with Crippen molar-refractivity contribution in [3.8, 4) is 0 Å². The van der Waals surface area contributed by atoms with Gasteiger partial charge in [-0.25, -0.2) is 0 Å². The number of carbonyl (C=O) groups is 2. The van der Waals surface area contributed by atoms with Crippen LogP contribution in [0.5, 0.6) is 0 Å². The first-order valence-electron chi connectivity index (χ1n) is 9.69. The molecular formula is C21H19BN2O7S. The molecule has 11 heteroatoms. The van der Waals surface area contributed by atoms with Crippen LogP contribution in [0.1, 0.15) is 5.56 Å². The highest BCUT2D eigenvalue weighted by Gasteiger charge is 2.36. The molecule has 0 atom stereocenters. The number of para-hydroxylation sites is 1. The van der Waals surface area contributed by atoms with E-state index in [1.54, 1.807) is 43.4 Å². The Bertz CT molecular complexity index is 1350. The van der Waals surface area contributed by atoms with Gasteiger partial charge < -0.3 is 13.7 Å². The number of hydrogen-bond acceptors (Lipinski definition) is 8. The maximum absolute atomic E-state index is 12.9. The molecule has 0 radical (unpaired) electrons. The summed E-state index contributed by atoms with van der Waals surface area (Å²) in [4.78, 5) is 25.8. The number of nitrogens with zero attached hydrogens (tertiary/aromatic N) is 2. The van der Waals surface area contributed by atoms with Crippen molar-refractivity contribution in [3.63, 3.8) is 0 Å². The molecule has 0 amide bonds. The van der Waals surface area contributed by atoms with E-state index in [9.17, 15) is 18.0 Å². The molecule has 0 aliphatic carbocycles. The number of carbonyl (C=O) groups excluding carboxylic acids is 2. The molecule has 32 heavy (non-hydrogen) atoms. The quantitative estimate of drug-likeness (QED) is 0.533. The maximum atomic E-state index is 12.9. The zero-order valence-electron chi connectivity index (χ0n) is 17.3. The minimum atomic E-state index is -4.17. The topological polar surface area (TPSA) is 115 Å². The molecule has 1 aromatic heterocycles. The molecule has 4 rings (SSSR count). The summed E-state index contributed by atoms with van der Waals surface area (Å²) in [5.41, 5.74) is 0.908. The fourth-order valence-corrected chi connectivity index (χ4v) is 4.10. The van der Waals surface area contributed by atoms with E-state index in [4.69, 9.17) is 13.7 Å². The first kappa shape index (κ1) is 21.8. The van der Waals surface area contributed by atoms with Crippen molar-refractivity contribution in [1.29, 1.82) is 0 Å². The molecule has 9 nitrogen and oxygen atoms in total. The van der Waals surface area contributed by atoms with E-state index in [0.717, 1.165) is 5.56 Å². The molecule has 0 N–H and O–H groups in total. The Hall–Kier alpha value is -3.44. The largest absolute Gasteiger partial charge is 0.642 e. The predicted molar refractivity (Wildman–Crippen MR) is 115 cm³/mol. The predicted octanol–water partition coefficient (Wildman–Crippen LogP) is 0.758. The summed E-state index contributed by atoms with van der Waals surface area (Å²) < 4.78 is 46.1. The molecule has 0 saturated carbocycles. The van der Waals surface area contributed by atoms with Gasteiger partial charge in [-0.15, -0.1) is 4.40 Å². The lowest BCUT2D eigenvalue weighted by molar-refractivity contribution is -0.145. The van der Waals surface area contributed by atoms with E-state index >= 15 is 0 Å². The minimum absolute atomic E-state index is 0.00522. The van der Waals surface area contributed by atoms with Crippen molar-refractivity contribution < 1.29 is 31.7 Å². The average molecular weight is 454 g/mol. The molecule has 0 unspecified atom stereocenters. The van der Waals surface area contributed by atoms with Gasteiger partial charge in [-0.2, -0.15) is 8.42 Å². The summed E-state index contributed by atoms with van der Waals surface area (Å²) in [6.45, 7) is 1.56. The van der Waals surface area contributed by atoms with Crippen LogP contribution in [0.4, 0.5) is 0 Å². The van der Waals surface area contributed by atoms with Gasteiger partial charge in [0.1, 0.15) is 5.58 Å². The van der Waals surface area contributed by atoms with Crippen LogP contribution < -0.4 is 11.0 Å². The standard InChI is InChI=1S/C21H19BN2O7S/c1-14-7-9-16(10-8-14)32(27,28)23-21-17(11-15-5-3-4-6-18(15)29-21)22-30-19(25)12-24(2)13-20(26)31-22/h3-11H,12-13H2,1-2H3/b23-21-. The third kappa shape index (κ3) is 4.73. The Balaban J connectivity index is 1.89. The van der Waals surface area contributed by atoms with Gasteiger partial charge in [0.25, 0.3) is 10.0 Å². The molecule has 0 bridgehead atoms. The highest BCUT2D eigenvalue weighted by molar-refractivity contribution is 7.90. The number of sulfonamides is 1. The summed E-state index contributed by atoms with van der Waals surface area (Å²) in [5, 5.41) is 0.584. The van der Waals surface area contributed by atoms with Crippen LogP contribution in [0.3, 0.4) is 0 Å². The van der Waals surface area contributed by atoms with Crippen LogP contribution in [-0.2, 0) is 28.9 Å². The molecule has 2 aromatic carbocycles. The summed E-state index contributed by atoms with van der Waals surface area (Å²) >= 11 is 0. The van der Waals surface area contributed by atoms with Gasteiger partial charge in [0.05, 0.1) is 23.4 Å². The summed E-state index contributed by atoms with van der Waals surface area (Å²) in [5.74, 6) is -1.30. The van der Waals surface area contributed by atoms with Crippen LogP contribution in [-0.4, -0.2) is 52.5 Å². The number of aryl methyl sites for hydroxylation is 1. The van der Waals surface area contributed by atoms with Crippen molar-refractivity contribution in [2.45, 2.75) is 11.8 Å². The smallest absolute Gasteiger partial charge is 0.494 e. The number of benzene rings is 2. The molecule has 1 aliphatic rings. The van der Waals surface area contributed by atoms with E-state index in [2.05, 4.69) is 4.40 Å². The third-order valence-corrected chi connectivity index (χ3v) is 6.01. The highest BCUT2D eigenvalue weighted by Crippen LogP contribution is 2.14. The molecule has 1 aliphatic heterocycles. The second-order valence-corrected chi connectivity index (χ2v) is 9.01. The maximum Gasteiger partial charge on any atom is 0.642 e. The van der Waals surface area contributed by atoms with Gasteiger partial charge in [0.15, 0.2) is 0 Å². The van der Waals surface area contributed by atoms with Gasteiger partial charge in [-0.3, -0.25) is 14.5 Å². The Morgan fingerprint density at radius 1 is 0.969 bits per heavy atom. The normalized spacial score (nSPS) is 16.4. The first-order chi connectivity index (χ1) is 15.2. The van der Waals surface area contributed by atoms with Crippen LogP contribution in [0.15, 0.2) is 68.3 Å². The van der Waals surface area contributed by atoms with Crippen LogP contribution in [0.25, 0.3) is 11.0 Å². The second kappa shape index (κ2) is 8.60. The van der Waals surface area contributed by atoms with E-state index in [1.807, 2.05) is 6.92 Å². The number of fused-ring (bicyclic) bond motifs is 1. The zero-order valence-corrected chi connectivity index (χ0v) is 18.2. The highest BCUT2D eigenvalue weighted by atomic mass is 32.2. The fourth-order valence-electron chi connectivity index (χ4n) is 3.16. The lowest BCUT2D eigenvalue weighted by atomic mass is 9.79. The Morgan fingerprint density at radius 2 is 1.59 bits per heavy atom. The SMILES string of the molecule is Cc1ccc(S(=O)(=O)/N=c2\oc3ccccc3cc2B2OC(=O)CN(C)CC(=O)O2)cc1. The molecule has 3 aromatic rings. The molecule has 2 heterocycles. The zero-order chi connectivity index (χ0) is 22.9.